The highest BCUT2D eigenvalue weighted by atomic mass is 32.1. The van der Waals surface area contributed by atoms with E-state index in [9.17, 15) is 14.6 Å². The number of anilines is 1. The molecule has 0 amide bonds. The van der Waals surface area contributed by atoms with Gasteiger partial charge in [0, 0.05) is 5.69 Å². The van der Waals surface area contributed by atoms with Crippen LogP contribution in [-0.2, 0) is 0 Å². The summed E-state index contributed by atoms with van der Waals surface area (Å²) in [4.78, 5) is 0. The highest BCUT2D eigenvalue weighted by molar-refractivity contribution is 7.80. The number of allylic oxidation sites excluding steroid dienone is 1. The number of aliphatic hydroxyl groups excluding tert-OH is 2. The molecule has 0 spiro atoms. The number of nitrogens with one attached hydrogen (secondary N) is 2. The minimum Gasteiger partial charge on any atom is -0.394 e. The van der Waals surface area contributed by atoms with E-state index < -0.39 is 12.1 Å². The summed E-state index contributed by atoms with van der Waals surface area (Å²) in [5, 5.41) is 25.9. The molecule has 1 rings (SSSR count). The molecule has 0 aliphatic rings. The van der Waals surface area contributed by atoms with Crippen LogP contribution in [0.15, 0.2) is 36.4 Å². The average Bonchev–Trinajstić information content (AvgIpc) is 2.76. The lowest BCUT2D eigenvalue weighted by atomic mass is 10.0. The number of benzene rings is 1. The minimum absolute atomic E-state index is 0.255. The summed E-state index contributed by atoms with van der Waals surface area (Å²) in [6.45, 7) is 2.00. The Morgan fingerprint density at radius 2 is 1.52 bits per heavy atom. The Kier molecular flexibility index (Phi) is 16.1. The predicted molar refractivity (Wildman–Crippen MR) is 133 cm³/mol. The molecule has 1 aromatic carbocycles. The first-order valence-electron chi connectivity index (χ1n) is 11.9. The van der Waals surface area contributed by atoms with Gasteiger partial charge in [-0.1, -0.05) is 83.3 Å². The molecule has 2 atom stereocenters. The molecule has 0 radical (unpaired) electrons. The number of thiocarbonyl (C=S) groups is 1. The topological polar surface area (TPSA) is 64.5 Å². The third-order valence-corrected chi connectivity index (χ3v) is 5.56. The SMILES string of the molecule is CCCCCCCCCCCCC/C=C/[C@@H](O)[C@H](CO)NC(=S)Nc1ccc(F)cc1. The fourth-order valence-corrected chi connectivity index (χ4v) is 3.67. The minimum atomic E-state index is -0.842. The van der Waals surface area contributed by atoms with Crippen molar-refractivity contribution in [2.24, 2.45) is 0 Å². The zero-order valence-corrected chi connectivity index (χ0v) is 19.8. The van der Waals surface area contributed by atoms with Gasteiger partial charge in [-0.2, -0.15) is 0 Å². The van der Waals surface area contributed by atoms with Crippen molar-refractivity contribution in [2.75, 3.05) is 11.9 Å². The molecule has 1 aromatic rings. The van der Waals surface area contributed by atoms with Gasteiger partial charge in [0.2, 0.25) is 0 Å². The summed E-state index contributed by atoms with van der Waals surface area (Å²) >= 11 is 5.21. The highest BCUT2D eigenvalue weighted by Crippen LogP contribution is 2.12. The number of rotatable bonds is 17. The van der Waals surface area contributed by atoms with Gasteiger partial charge < -0.3 is 20.8 Å². The molecule has 176 valence electrons. The van der Waals surface area contributed by atoms with Crippen LogP contribution in [0.4, 0.5) is 10.1 Å². The van der Waals surface area contributed by atoms with Crippen molar-refractivity contribution in [3.8, 4) is 0 Å². The van der Waals surface area contributed by atoms with Crippen LogP contribution in [0.1, 0.15) is 84.0 Å². The quantitative estimate of drug-likeness (QED) is 0.131. The predicted octanol–water partition coefficient (Wildman–Crippen LogP) is 6.09. The van der Waals surface area contributed by atoms with Gasteiger partial charge >= 0.3 is 0 Å². The number of aliphatic hydroxyl groups is 2. The van der Waals surface area contributed by atoms with Crippen LogP contribution in [0.3, 0.4) is 0 Å². The first-order chi connectivity index (χ1) is 15.1. The molecule has 4 nitrogen and oxygen atoms in total. The molecule has 31 heavy (non-hydrogen) atoms. The first-order valence-corrected chi connectivity index (χ1v) is 12.3. The van der Waals surface area contributed by atoms with Crippen molar-refractivity contribution in [3.63, 3.8) is 0 Å². The second kappa shape index (κ2) is 18.1. The van der Waals surface area contributed by atoms with E-state index in [1.165, 1.54) is 76.3 Å². The Bertz CT molecular complexity index is 610. The van der Waals surface area contributed by atoms with Crippen molar-refractivity contribution in [1.29, 1.82) is 0 Å². The summed E-state index contributed by atoms with van der Waals surface area (Å²) < 4.78 is 13.0. The Labute approximate surface area is 193 Å². The normalized spacial score (nSPS) is 13.3. The van der Waals surface area contributed by atoms with E-state index in [-0.39, 0.29) is 17.5 Å². The van der Waals surface area contributed by atoms with E-state index in [4.69, 9.17) is 12.2 Å². The van der Waals surface area contributed by atoms with Crippen molar-refractivity contribution in [2.45, 2.75) is 96.1 Å². The maximum atomic E-state index is 13.0. The van der Waals surface area contributed by atoms with Crippen molar-refractivity contribution in [1.82, 2.24) is 5.32 Å². The average molecular weight is 453 g/mol. The van der Waals surface area contributed by atoms with Crippen LogP contribution in [0.25, 0.3) is 0 Å². The molecule has 4 N–H and O–H groups in total. The molecule has 0 saturated heterocycles. The van der Waals surface area contributed by atoms with Crippen LogP contribution in [0.5, 0.6) is 0 Å². The van der Waals surface area contributed by atoms with Gasteiger partial charge in [0.15, 0.2) is 5.11 Å². The van der Waals surface area contributed by atoms with E-state index >= 15 is 0 Å². The second-order valence-corrected chi connectivity index (χ2v) is 8.55. The van der Waals surface area contributed by atoms with Gasteiger partial charge in [-0.15, -0.1) is 0 Å². The molecule has 0 heterocycles. The summed E-state index contributed by atoms with van der Waals surface area (Å²) in [6, 6.07) is 5.21. The summed E-state index contributed by atoms with van der Waals surface area (Å²) in [7, 11) is 0. The summed E-state index contributed by atoms with van der Waals surface area (Å²) in [5.74, 6) is -0.323. The molecule has 0 saturated carbocycles. The first kappa shape index (κ1) is 27.5. The van der Waals surface area contributed by atoms with Crippen LogP contribution in [0.2, 0.25) is 0 Å². The van der Waals surface area contributed by atoms with Gasteiger partial charge in [-0.05, 0) is 49.3 Å². The molecule has 0 bridgehead atoms. The zero-order valence-electron chi connectivity index (χ0n) is 19.0. The van der Waals surface area contributed by atoms with E-state index in [0.29, 0.717) is 5.69 Å². The van der Waals surface area contributed by atoms with Crippen molar-refractivity contribution >= 4 is 23.0 Å². The number of hydrogen-bond acceptors (Lipinski definition) is 3. The maximum absolute atomic E-state index is 13.0. The van der Waals surface area contributed by atoms with E-state index in [1.54, 1.807) is 18.2 Å². The molecule has 0 fully saturated rings. The molecular weight excluding hydrogens is 411 g/mol. The lowest BCUT2D eigenvalue weighted by molar-refractivity contribution is 0.134. The van der Waals surface area contributed by atoms with E-state index in [2.05, 4.69) is 17.6 Å². The molecule has 0 aliphatic carbocycles. The van der Waals surface area contributed by atoms with E-state index in [0.717, 1.165) is 12.8 Å². The Balaban J connectivity index is 2.11. The van der Waals surface area contributed by atoms with Gasteiger partial charge in [-0.25, -0.2) is 4.39 Å². The zero-order chi connectivity index (χ0) is 22.7. The largest absolute Gasteiger partial charge is 0.394 e. The summed E-state index contributed by atoms with van der Waals surface area (Å²) in [5.41, 5.74) is 0.636. The molecule has 0 aliphatic heterocycles. The standard InChI is InChI=1S/C25H41FN2O2S/c1-2-3-4-5-6-7-8-9-10-11-12-13-14-15-24(30)23(20-29)28-25(31)27-22-18-16-21(26)17-19-22/h14-19,23-24,29-30H,2-13,20H2,1H3,(H2,27,28,31)/b15-14+/t23-,24+/m0/s1. The second-order valence-electron chi connectivity index (χ2n) is 8.14. The van der Waals surface area contributed by atoms with Crippen molar-refractivity contribution < 1.29 is 14.6 Å². The van der Waals surface area contributed by atoms with Gasteiger partial charge in [0.05, 0.1) is 18.8 Å². The third kappa shape index (κ3) is 14.2. The van der Waals surface area contributed by atoms with E-state index in [1.807, 2.05) is 6.08 Å². The third-order valence-electron chi connectivity index (χ3n) is 5.34. The Hall–Kier alpha value is -1.50. The number of unbranched alkanes of at least 4 members (excludes halogenated alkanes) is 11. The Morgan fingerprint density at radius 3 is 2.06 bits per heavy atom. The smallest absolute Gasteiger partial charge is 0.171 e. The van der Waals surface area contributed by atoms with Crippen LogP contribution >= 0.6 is 12.2 Å². The number of halogens is 1. The fraction of sp³-hybridized carbons (Fsp3) is 0.640. The van der Waals surface area contributed by atoms with Crippen LogP contribution < -0.4 is 10.6 Å². The van der Waals surface area contributed by atoms with Crippen LogP contribution in [0, 0.1) is 5.82 Å². The fourth-order valence-electron chi connectivity index (χ4n) is 3.40. The monoisotopic (exact) mass is 452 g/mol. The maximum Gasteiger partial charge on any atom is 0.171 e. The molecule has 0 unspecified atom stereocenters. The lowest BCUT2D eigenvalue weighted by Crippen LogP contribution is -2.46. The van der Waals surface area contributed by atoms with Crippen molar-refractivity contribution in [3.05, 3.63) is 42.2 Å². The molecular formula is C25H41FN2O2S. The highest BCUT2D eigenvalue weighted by Gasteiger charge is 2.16. The molecule has 6 heteroatoms. The Morgan fingerprint density at radius 1 is 0.968 bits per heavy atom. The number of hydrogen-bond donors (Lipinski definition) is 4. The van der Waals surface area contributed by atoms with Gasteiger partial charge in [-0.3, -0.25) is 0 Å². The van der Waals surface area contributed by atoms with Crippen LogP contribution in [-0.4, -0.2) is 34.1 Å². The van der Waals surface area contributed by atoms with Gasteiger partial charge in [0.25, 0.3) is 0 Å². The van der Waals surface area contributed by atoms with Gasteiger partial charge in [0.1, 0.15) is 5.82 Å². The molecule has 0 aromatic heterocycles. The summed E-state index contributed by atoms with van der Waals surface area (Å²) in [6.07, 6.45) is 18.2. The lowest BCUT2D eigenvalue weighted by Gasteiger charge is -2.22.